The quantitative estimate of drug-likeness (QED) is 0.746. The maximum absolute atomic E-state index is 12.8. The van der Waals surface area contributed by atoms with Crippen LogP contribution in [0.3, 0.4) is 0 Å². The van der Waals surface area contributed by atoms with E-state index >= 15 is 0 Å². The molecule has 2 aliphatic heterocycles. The van der Waals surface area contributed by atoms with Crippen molar-refractivity contribution < 1.29 is 14.3 Å². The smallest absolute Gasteiger partial charge is 0.409 e. The van der Waals surface area contributed by atoms with Gasteiger partial charge in [-0.1, -0.05) is 23.7 Å². The van der Waals surface area contributed by atoms with E-state index in [1.54, 1.807) is 17.0 Å². The number of likely N-dealkylation sites (tertiary alicyclic amines) is 2. The highest BCUT2D eigenvalue weighted by molar-refractivity contribution is 6.31. The number of nitrogens with zero attached hydrogens (tertiary/aromatic N) is 2. The summed E-state index contributed by atoms with van der Waals surface area (Å²) in [6.07, 6.45) is 3.64. The van der Waals surface area contributed by atoms with Crippen molar-refractivity contribution in [3.63, 3.8) is 0 Å². The highest BCUT2D eigenvalue weighted by Crippen LogP contribution is 2.27. The van der Waals surface area contributed by atoms with Crippen molar-refractivity contribution in [2.45, 2.75) is 38.6 Å². The number of rotatable bonds is 4. The minimum Gasteiger partial charge on any atom is -0.450 e. The minimum absolute atomic E-state index is 0.0327. The van der Waals surface area contributed by atoms with Crippen molar-refractivity contribution >= 4 is 23.5 Å². The standard InChI is InChI=1S/C20H27ClN2O3/c1-2-26-20(25)22-11-8-18(9-12-22)23-10-4-6-16(14-23)19(24)15-5-3-7-17(21)13-15/h3,5,7,13,16,18H,2,4,6,8-12,14H2,1H3/t16-/m1/s1. The Morgan fingerprint density at radius 1 is 1.19 bits per heavy atom. The Balaban J connectivity index is 1.56. The SMILES string of the molecule is CCOC(=O)N1CCC(N2CCC[C@@H](C(=O)c3cccc(Cl)c3)C2)CC1. The molecule has 0 radical (unpaired) electrons. The molecule has 2 fully saturated rings. The molecule has 1 aromatic rings. The maximum atomic E-state index is 12.8. The van der Waals surface area contributed by atoms with E-state index in [0.29, 0.717) is 23.2 Å². The number of hydrogen-bond donors (Lipinski definition) is 0. The Labute approximate surface area is 160 Å². The maximum Gasteiger partial charge on any atom is 0.409 e. The molecular formula is C20H27ClN2O3. The normalized spacial score (nSPS) is 22.2. The van der Waals surface area contributed by atoms with E-state index < -0.39 is 0 Å². The summed E-state index contributed by atoms with van der Waals surface area (Å²) in [4.78, 5) is 28.9. The third-order valence-corrected chi connectivity index (χ3v) is 5.67. The van der Waals surface area contributed by atoms with E-state index in [9.17, 15) is 9.59 Å². The second-order valence-electron chi connectivity index (χ2n) is 7.13. The van der Waals surface area contributed by atoms with Gasteiger partial charge in [-0.05, 0) is 51.3 Å². The molecule has 1 amide bonds. The fourth-order valence-electron chi connectivity index (χ4n) is 4.06. The van der Waals surface area contributed by atoms with Gasteiger partial charge in [-0.25, -0.2) is 4.79 Å². The third kappa shape index (κ3) is 4.57. The van der Waals surface area contributed by atoms with Crippen LogP contribution < -0.4 is 0 Å². The number of hydrogen-bond acceptors (Lipinski definition) is 4. The van der Waals surface area contributed by atoms with Gasteiger partial charge < -0.3 is 9.64 Å². The van der Waals surface area contributed by atoms with Crippen molar-refractivity contribution in [3.8, 4) is 0 Å². The van der Waals surface area contributed by atoms with Crippen LogP contribution in [-0.4, -0.2) is 60.5 Å². The van der Waals surface area contributed by atoms with Crippen LogP contribution in [0.2, 0.25) is 5.02 Å². The molecule has 0 bridgehead atoms. The van der Waals surface area contributed by atoms with Crippen LogP contribution in [0.5, 0.6) is 0 Å². The van der Waals surface area contributed by atoms with Gasteiger partial charge in [0.2, 0.25) is 0 Å². The second kappa shape index (κ2) is 8.87. The molecule has 5 nitrogen and oxygen atoms in total. The third-order valence-electron chi connectivity index (χ3n) is 5.44. The van der Waals surface area contributed by atoms with E-state index in [4.69, 9.17) is 16.3 Å². The summed E-state index contributed by atoms with van der Waals surface area (Å²) < 4.78 is 5.09. The molecule has 2 saturated heterocycles. The lowest BCUT2D eigenvalue weighted by Crippen LogP contribution is -2.50. The number of Topliss-reactive ketones (excluding diaryl/α,β-unsaturated/α-hetero) is 1. The second-order valence-corrected chi connectivity index (χ2v) is 7.56. The molecule has 1 aromatic carbocycles. The van der Waals surface area contributed by atoms with Gasteiger partial charge in [-0.3, -0.25) is 9.69 Å². The van der Waals surface area contributed by atoms with Crippen LogP contribution >= 0.6 is 11.6 Å². The molecule has 0 N–H and O–H groups in total. The largest absolute Gasteiger partial charge is 0.450 e. The monoisotopic (exact) mass is 378 g/mol. The summed E-state index contributed by atoms with van der Waals surface area (Å²) >= 11 is 6.03. The van der Waals surface area contributed by atoms with Crippen molar-refractivity contribution in [1.82, 2.24) is 9.80 Å². The Hall–Kier alpha value is -1.59. The van der Waals surface area contributed by atoms with Crippen LogP contribution in [0.4, 0.5) is 4.79 Å². The molecule has 142 valence electrons. The first-order chi connectivity index (χ1) is 12.6. The average molecular weight is 379 g/mol. The summed E-state index contributed by atoms with van der Waals surface area (Å²) in [5.74, 6) is 0.228. The van der Waals surface area contributed by atoms with Gasteiger partial charge in [-0.2, -0.15) is 0 Å². The highest BCUT2D eigenvalue weighted by Gasteiger charge is 2.33. The molecule has 1 atom stereocenters. The summed E-state index contributed by atoms with van der Waals surface area (Å²) in [5.41, 5.74) is 0.710. The summed E-state index contributed by atoms with van der Waals surface area (Å²) in [6, 6.07) is 7.69. The topological polar surface area (TPSA) is 49.9 Å². The zero-order valence-corrected chi connectivity index (χ0v) is 16.1. The zero-order chi connectivity index (χ0) is 18.5. The Bertz CT molecular complexity index is 644. The number of amides is 1. The fraction of sp³-hybridized carbons (Fsp3) is 0.600. The molecule has 0 saturated carbocycles. The zero-order valence-electron chi connectivity index (χ0n) is 15.3. The van der Waals surface area contributed by atoms with Gasteiger partial charge in [0, 0.05) is 42.2 Å². The Kier molecular flexibility index (Phi) is 6.54. The van der Waals surface area contributed by atoms with E-state index in [-0.39, 0.29) is 17.8 Å². The van der Waals surface area contributed by atoms with Crippen LogP contribution in [0.25, 0.3) is 0 Å². The number of piperidine rings is 2. The van der Waals surface area contributed by atoms with Gasteiger partial charge in [-0.15, -0.1) is 0 Å². The van der Waals surface area contributed by atoms with Gasteiger partial charge in [0.05, 0.1) is 6.61 Å². The Morgan fingerprint density at radius 3 is 2.65 bits per heavy atom. The highest BCUT2D eigenvalue weighted by atomic mass is 35.5. The number of ketones is 1. The molecule has 26 heavy (non-hydrogen) atoms. The first-order valence-corrected chi connectivity index (χ1v) is 9.91. The van der Waals surface area contributed by atoms with Crippen molar-refractivity contribution in [2.75, 3.05) is 32.8 Å². The molecule has 3 rings (SSSR count). The van der Waals surface area contributed by atoms with E-state index in [1.165, 1.54) is 0 Å². The molecule has 0 aromatic heterocycles. The van der Waals surface area contributed by atoms with Gasteiger partial charge >= 0.3 is 6.09 Å². The summed E-state index contributed by atoms with van der Waals surface area (Å²) in [6.45, 7) is 5.53. The number of halogens is 1. The molecule has 0 spiro atoms. The lowest BCUT2D eigenvalue weighted by molar-refractivity contribution is 0.0532. The first-order valence-electron chi connectivity index (χ1n) is 9.54. The molecule has 0 aliphatic carbocycles. The first kappa shape index (κ1) is 19.2. The predicted octanol–water partition coefficient (Wildman–Crippen LogP) is 3.86. The predicted molar refractivity (Wildman–Crippen MR) is 102 cm³/mol. The summed E-state index contributed by atoms with van der Waals surface area (Å²) in [5, 5.41) is 0.606. The van der Waals surface area contributed by atoms with Crippen molar-refractivity contribution in [1.29, 1.82) is 0 Å². The number of ether oxygens (including phenoxy) is 1. The van der Waals surface area contributed by atoms with Gasteiger partial charge in [0.25, 0.3) is 0 Å². The van der Waals surface area contributed by atoms with Gasteiger partial charge in [0.1, 0.15) is 0 Å². The average Bonchev–Trinajstić information content (AvgIpc) is 2.68. The Morgan fingerprint density at radius 2 is 1.96 bits per heavy atom. The van der Waals surface area contributed by atoms with E-state index in [0.717, 1.165) is 51.9 Å². The van der Waals surface area contributed by atoms with Crippen LogP contribution in [0.1, 0.15) is 43.0 Å². The lowest BCUT2D eigenvalue weighted by Gasteiger charge is -2.41. The van der Waals surface area contributed by atoms with E-state index in [2.05, 4.69) is 4.90 Å². The molecule has 2 aliphatic rings. The summed E-state index contributed by atoms with van der Waals surface area (Å²) in [7, 11) is 0. The van der Waals surface area contributed by atoms with Crippen LogP contribution in [-0.2, 0) is 4.74 Å². The van der Waals surface area contributed by atoms with Crippen molar-refractivity contribution in [2.24, 2.45) is 5.92 Å². The molecular weight excluding hydrogens is 352 g/mol. The molecule has 2 heterocycles. The van der Waals surface area contributed by atoms with E-state index in [1.807, 2.05) is 19.1 Å². The minimum atomic E-state index is -0.210. The molecule has 6 heteroatoms. The van der Waals surface area contributed by atoms with Crippen molar-refractivity contribution in [3.05, 3.63) is 34.9 Å². The molecule has 0 unspecified atom stereocenters. The van der Waals surface area contributed by atoms with Crippen LogP contribution in [0.15, 0.2) is 24.3 Å². The van der Waals surface area contributed by atoms with Gasteiger partial charge in [0.15, 0.2) is 5.78 Å². The fourth-order valence-corrected chi connectivity index (χ4v) is 4.25. The number of benzene rings is 1. The number of carbonyl (C=O) groups is 2. The number of carbonyl (C=O) groups excluding carboxylic acids is 2. The van der Waals surface area contributed by atoms with Crippen LogP contribution in [0, 0.1) is 5.92 Å². The lowest BCUT2D eigenvalue weighted by atomic mass is 9.88.